The van der Waals surface area contributed by atoms with Crippen molar-refractivity contribution in [3.63, 3.8) is 0 Å². The third kappa shape index (κ3) is 2.35. The van der Waals surface area contributed by atoms with Crippen molar-refractivity contribution in [3.05, 3.63) is 52.4 Å². The van der Waals surface area contributed by atoms with Gasteiger partial charge in [-0.15, -0.1) is 11.3 Å². The van der Waals surface area contributed by atoms with E-state index in [1.165, 1.54) is 29.0 Å². The molecule has 0 saturated heterocycles. The summed E-state index contributed by atoms with van der Waals surface area (Å²) in [5.41, 5.74) is 5.19. The van der Waals surface area contributed by atoms with Crippen molar-refractivity contribution in [2.45, 2.75) is 19.3 Å². The Kier molecular flexibility index (Phi) is 3.31. The van der Waals surface area contributed by atoms with Crippen molar-refractivity contribution < 1.29 is 4.39 Å². The van der Waals surface area contributed by atoms with E-state index in [2.05, 4.69) is 20.5 Å². The number of nitrogens with one attached hydrogen (secondary N) is 1. The predicted octanol–water partition coefficient (Wildman–Crippen LogP) is 3.77. The first-order valence-electron chi connectivity index (χ1n) is 7.11. The summed E-state index contributed by atoms with van der Waals surface area (Å²) < 4.78 is 12.9. The Morgan fingerprint density at radius 2 is 2.05 bits per heavy atom. The van der Waals surface area contributed by atoms with Gasteiger partial charge in [0.05, 0.1) is 11.6 Å². The molecule has 0 aliphatic heterocycles. The zero-order chi connectivity index (χ0) is 14.9. The number of benzene rings is 1. The molecule has 0 spiro atoms. The summed E-state index contributed by atoms with van der Waals surface area (Å²) in [5.74, 6) is 0.485. The number of hydrogen-bond donors (Lipinski definition) is 1. The SMILES string of the molecule is Fc1ccc(/C=N\Nc2ncnc3sc4c(c23)CCC4)cc1. The largest absolute Gasteiger partial charge is 0.261 e. The van der Waals surface area contributed by atoms with Crippen LogP contribution in [0, 0.1) is 5.82 Å². The number of thiophene rings is 1. The van der Waals surface area contributed by atoms with Crippen LogP contribution in [0.4, 0.5) is 10.2 Å². The fourth-order valence-corrected chi connectivity index (χ4v) is 3.96. The number of halogens is 1. The van der Waals surface area contributed by atoms with E-state index in [0.717, 1.165) is 34.4 Å². The van der Waals surface area contributed by atoms with Crippen LogP contribution in [0.15, 0.2) is 35.7 Å². The number of aromatic nitrogens is 2. The molecular formula is C16H13FN4S. The minimum atomic E-state index is -0.253. The van der Waals surface area contributed by atoms with Gasteiger partial charge in [0.25, 0.3) is 0 Å². The molecule has 1 aliphatic carbocycles. The Balaban J connectivity index is 1.63. The molecule has 0 bridgehead atoms. The number of hydrogen-bond acceptors (Lipinski definition) is 5. The Labute approximate surface area is 130 Å². The fourth-order valence-electron chi connectivity index (χ4n) is 2.73. The van der Waals surface area contributed by atoms with Crippen LogP contribution >= 0.6 is 11.3 Å². The monoisotopic (exact) mass is 312 g/mol. The number of nitrogens with zero attached hydrogens (tertiary/aromatic N) is 3. The quantitative estimate of drug-likeness (QED) is 0.592. The second-order valence-electron chi connectivity index (χ2n) is 5.18. The molecule has 2 aromatic heterocycles. The van der Waals surface area contributed by atoms with Crippen molar-refractivity contribution in [1.29, 1.82) is 0 Å². The maximum Gasteiger partial charge on any atom is 0.158 e. The summed E-state index contributed by atoms with van der Waals surface area (Å²) in [5, 5.41) is 5.31. The van der Waals surface area contributed by atoms with Crippen molar-refractivity contribution in [2.75, 3.05) is 5.43 Å². The summed E-state index contributed by atoms with van der Waals surface area (Å²) >= 11 is 1.75. The highest BCUT2D eigenvalue weighted by Gasteiger charge is 2.20. The van der Waals surface area contributed by atoms with Gasteiger partial charge in [-0.2, -0.15) is 5.10 Å². The molecule has 0 atom stereocenters. The molecule has 1 aliphatic rings. The Morgan fingerprint density at radius 3 is 2.91 bits per heavy atom. The van der Waals surface area contributed by atoms with Crippen LogP contribution < -0.4 is 5.43 Å². The lowest BCUT2D eigenvalue weighted by atomic mass is 10.2. The van der Waals surface area contributed by atoms with E-state index in [-0.39, 0.29) is 5.82 Å². The molecule has 1 N–H and O–H groups in total. The maximum absolute atomic E-state index is 12.9. The van der Waals surface area contributed by atoms with Crippen molar-refractivity contribution in [2.24, 2.45) is 5.10 Å². The number of aryl methyl sites for hydroxylation is 2. The summed E-state index contributed by atoms with van der Waals surface area (Å²) in [7, 11) is 0. The molecule has 0 radical (unpaired) electrons. The fraction of sp³-hybridized carbons (Fsp3) is 0.188. The van der Waals surface area contributed by atoms with Gasteiger partial charge in [-0.05, 0) is 42.5 Å². The van der Waals surface area contributed by atoms with Crippen molar-refractivity contribution in [1.82, 2.24) is 9.97 Å². The summed E-state index contributed by atoms with van der Waals surface area (Å²) in [6.45, 7) is 0. The summed E-state index contributed by atoms with van der Waals surface area (Å²) in [6, 6.07) is 6.18. The van der Waals surface area contributed by atoms with Crippen LogP contribution in [0.2, 0.25) is 0 Å². The van der Waals surface area contributed by atoms with E-state index in [1.807, 2.05) is 0 Å². The molecule has 3 aromatic rings. The highest BCUT2D eigenvalue weighted by molar-refractivity contribution is 7.19. The second kappa shape index (κ2) is 5.46. The van der Waals surface area contributed by atoms with Crippen LogP contribution in [0.1, 0.15) is 22.4 Å². The van der Waals surface area contributed by atoms with E-state index < -0.39 is 0 Å². The zero-order valence-corrected chi connectivity index (χ0v) is 12.5. The zero-order valence-electron chi connectivity index (χ0n) is 11.7. The Bertz CT molecular complexity index is 854. The highest BCUT2D eigenvalue weighted by atomic mass is 32.1. The van der Waals surface area contributed by atoms with E-state index in [1.54, 1.807) is 36.0 Å². The lowest BCUT2D eigenvalue weighted by molar-refractivity contribution is 0.628. The molecule has 22 heavy (non-hydrogen) atoms. The Morgan fingerprint density at radius 1 is 1.18 bits per heavy atom. The molecule has 0 saturated carbocycles. The minimum Gasteiger partial charge on any atom is -0.261 e. The average Bonchev–Trinajstić information content (AvgIpc) is 3.10. The van der Waals surface area contributed by atoms with Gasteiger partial charge in [-0.3, -0.25) is 5.43 Å². The lowest BCUT2D eigenvalue weighted by Gasteiger charge is -2.02. The summed E-state index contributed by atoms with van der Waals surface area (Å²) in [6.07, 6.45) is 6.63. The van der Waals surface area contributed by atoms with Gasteiger partial charge in [-0.25, -0.2) is 14.4 Å². The lowest BCUT2D eigenvalue weighted by Crippen LogP contribution is -1.96. The average molecular weight is 312 g/mol. The third-order valence-corrected chi connectivity index (χ3v) is 4.96. The number of hydrazone groups is 1. The van der Waals surface area contributed by atoms with Crippen LogP contribution in [0.25, 0.3) is 10.2 Å². The van der Waals surface area contributed by atoms with Crippen LogP contribution in [-0.2, 0) is 12.8 Å². The van der Waals surface area contributed by atoms with Crippen molar-refractivity contribution in [3.8, 4) is 0 Å². The minimum absolute atomic E-state index is 0.253. The van der Waals surface area contributed by atoms with E-state index in [4.69, 9.17) is 0 Å². The molecule has 6 heteroatoms. The molecular weight excluding hydrogens is 299 g/mol. The van der Waals surface area contributed by atoms with Gasteiger partial charge >= 0.3 is 0 Å². The van der Waals surface area contributed by atoms with Gasteiger partial charge in [0, 0.05) is 4.88 Å². The van der Waals surface area contributed by atoms with Gasteiger partial charge in [0.1, 0.15) is 17.0 Å². The normalized spacial score (nSPS) is 13.9. The summed E-state index contributed by atoms with van der Waals surface area (Å²) in [4.78, 5) is 11.1. The van der Waals surface area contributed by atoms with Crippen LogP contribution in [0.5, 0.6) is 0 Å². The Hall–Kier alpha value is -2.34. The van der Waals surface area contributed by atoms with Gasteiger partial charge in [-0.1, -0.05) is 12.1 Å². The molecule has 2 heterocycles. The molecule has 0 fully saturated rings. The van der Waals surface area contributed by atoms with Gasteiger partial charge in [0.15, 0.2) is 5.82 Å². The van der Waals surface area contributed by atoms with Gasteiger partial charge < -0.3 is 0 Å². The molecule has 0 unspecified atom stereocenters. The van der Waals surface area contributed by atoms with Crippen LogP contribution in [0.3, 0.4) is 0 Å². The molecule has 4 rings (SSSR count). The predicted molar refractivity (Wildman–Crippen MR) is 87.1 cm³/mol. The molecule has 0 amide bonds. The molecule has 4 nitrogen and oxygen atoms in total. The number of anilines is 1. The smallest absolute Gasteiger partial charge is 0.158 e. The standard InChI is InChI=1S/C16H13FN4S/c17-11-6-4-10(5-7-11)8-20-21-15-14-12-2-1-3-13(12)22-16(14)19-9-18-15/h4-9H,1-3H2,(H,18,19,21)/b20-8-. The first-order chi connectivity index (χ1) is 10.8. The number of fused-ring (bicyclic) bond motifs is 3. The van der Waals surface area contributed by atoms with Crippen LogP contribution in [-0.4, -0.2) is 16.2 Å². The number of rotatable bonds is 3. The molecule has 110 valence electrons. The first kappa shape index (κ1) is 13.3. The third-order valence-electron chi connectivity index (χ3n) is 3.76. The maximum atomic E-state index is 12.9. The van der Waals surface area contributed by atoms with Gasteiger partial charge in [0.2, 0.25) is 0 Å². The topological polar surface area (TPSA) is 50.2 Å². The molecule has 1 aromatic carbocycles. The van der Waals surface area contributed by atoms with E-state index in [9.17, 15) is 4.39 Å². The van der Waals surface area contributed by atoms with E-state index >= 15 is 0 Å². The highest BCUT2D eigenvalue weighted by Crippen LogP contribution is 2.38. The first-order valence-corrected chi connectivity index (χ1v) is 7.93. The second-order valence-corrected chi connectivity index (χ2v) is 6.26. The van der Waals surface area contributed by atoms with E-state index in [0.29, 0.717) is 0 Å². The van der Waals surface area contributed by atoms with Crippen molar-refractivity contribution >= 4 is 33.6 Å².